The van der Waals surface area contributed by atoms with Crippen molar-refractivity contribution in [3.63, 3.8) is 0 Å². The highest BCUT2D eigenvalue weighted by Crippen LogP contribution is 2.27. The van der Waals surface area contributed by atoms with Gasteiger partial charge in [-0.05, 0) is 42.1 Å². The molecule has 0 aliphatic heterocycles. The molecule has 0 amide bonds. The molecule has 26 heavy (non-hydrogen) atoms. The van der Waals surface area contributed by atoms with Crippen LogP contribution in [0.4, 0.5) is 0 Å². The predicted molar refractivity (Wildman–Crippen MR) is 102 cm³/mol. The van der Waals surface area contributed by atoms with Crippen LogP contribution >= 0.6 is 23.4 Å². The highest BCUT2D eigenvalue weighted by atomic mass is 35.5. The van der Waals surface area contributed by atoms with E-state index in [0.29, 0.717) is 11.6 Å². The first-order valence-electron chi connectivity index (χ1n) is 8.11. The van der Waals surface area contributed by atoms with Crippen LogP contribution in [0, 0.1) is 0 Å². The van der Waals surface area contributed by atoms with Gasteiger partial charge in [0.05, 0.1) is 0 Å². The van der Waals surface area contributed by atoms with Crippen LogP contribution in [0.15, 0.2) is 46.7 Å². The average Bonchev–Trinajstić information content (AvgIpc) is 2.94. The van der Waals surface area contributed by atoms with Crippen molar-refractivity contribution in [1.82, 2.24) is 24.7 Å². The first kappa shape index (κ1) is 18.7. The largest absolute Gasteiger partial charge is 0.486 e. The fourth-order valence-corrected chi connectivity index (χ4v) is 2.99. The number of hydrogen-bond acceptors (Lipinski definition) is 6. The van der Waals surface area contributed by atoms with Gasteiger partial charge >= 0.3 is 0 Å². The SMILES string of the molecule is Cn1c(COc2ccc(Cl)cc2)nnc1Sc1ccnc(C(C)(C)C)n1. The second kappa shape index (κ2) is 7.63. The fourth-order valence-electron chi connectivity index (χ4n) is 2.09. The minimum atomic E-state index is -0.103. The molecule has 2 aromatic heterocycles. The van der Waals surface area contributed by atoms with E-state index >= 15 is 0 Å². The maximum Gasteiger partial charge on any atom is 0.197 e. The summed E-state index contributed by atoms with van der Waals surface area (Å²) in [6.45, 7) is 6.59. The van der Waals surface area contributed by atoms with Crippen molar-refractivity contribution in [3.05, 3.63) is 53.2 Å². The van der Waals surface area contributed by atoms with E-state index in [-0.39, 0.29) is 5.41 Å². The molecule has 2 heterocycles. The van der Waals surface area contributed by atoms with Gasteiger partial charge < -0.3 is 9.30 Å². The summed E-state index contributed by atoms with van der Waals surface area (Å²) in [7, 11) is 1.91. The van der Waals surface area contributed by atoms with E-state index in [2.05, 4.69) is 40.9 Å². The Bertz CT molecular complexity index is 889. The van der Waals surface area contributed by atoms with Crippen LogP contribution in [0.2, 0.25) is 5.02 Å². The maximum atomic E-state index is 5.88. The molecule has 0 aliphatic rings. The van der Waals surface area contributed by atoms with E-state index in [0.717, 1.165) is 27.6 Å². The molecule has 0 N–H and O–H groups in total. The lowest BCUT2D eigenvalue weighted by Crippen LogP contribution is -2.15. The standard InChI is InChI=1S/C18H20ClN5OS/c1-18(2,3)16-20-10-9-15(21-16)26-17-23-22-14(24(17)4)11-25-13-7-5-12(19)6-8-13/h5-10H,11H2,1-4H3. The van der Waals surface area contributed by atoms with E-state index in [4.69, 9.17) is 16.3 Å². The zero-order valence-electron chi connectivity index (χ0n) is 15.1. The Kier molecular flexibility index (Phi) is 5.48. The lowest BCUT2D eigenvalue weighted by Gasteiger charge is -2.16. The molecule has 6 nitrogen and oxygen atoms in total. The van der Waals surface area contributed by atoms with Crippen LogP contribution in [0.25, 0.3) is 0 Å². The van der Waals surface area contributed by atoms with E-state index in [1.165, 1.54) is 11.8 Å². The lowest BCUT2D eigenvalue weighted by molar-refractivity contribution is 0.290. The van der Waals surface area contributed by atoms with Crippen molar-refractivity contribution in [2.24, 2.45) is 7.05 Å². The number of nitrogens with zero attached hydrogens (tertiary/aromatic N) is 5. The van der Waals surface area contributed by atoms with Crippen LogP contribution in [-0.2, 0) is 19.1 Å². The molecular formula is C18H20ClN5OS. The quantitative estimate of drug-likeness (QED) is 0.606. The third-order valence-corrected chi connectivity index (χ3v) is 4.83. The van der Waals surface area contributed by atoms with E-state index < -0.39 is 0 Å². The molecule has 1 aromatic carbocycles. The Hall–Kier alpha value is -2.12. The Labute approximate surface area is 162 Å². The van der Waals surface area contributed by atoms with Gasteiger partial charge in [-0.15, -0.1) is 10.2 Å². The Morgan fingerprint density at radius 2 is 1.85 bits per heavy atom. The van der Waals surface area contributed by atoms with E-state index in [1.54, 1.807) is 18.3 Å². The fraction of sp³-hybridized carbons (Fsp3) is 0.333. The molecule has 0 spiro atoms. The van der Waals surface area contributed by atoms with Crippen molar-refractivity contribution in [2.45, 2.75) is 43.0 Å². The second-order valence-electron chi connectivity index (χ2n) is 6.77. The smallest absolute Gasteiger partial charge is 0.197 e. The predicted octanol–water partition coefficient (Wildman–Crippen LogP) is 4.29. The average molecular weight is 390 g/mol. The molecule has 0 saturated carbocycles. The number of rotatable bonds is 5. The van der Waals surface area contributed by atoms with Gasteiger partial charge in [0.1, 0.15) is 23.2 Å². The normalized spacial score (nSPS) is 11.6. The van der Waals surface area contributed by atoms with Gasteiger partial charge in [-0.3, -0.25) is 0 Å². The first-order valence-corrected chi connectivity index (χ1v) is 9.30. The summed E-state index contributed by atoms with van der Waals surface area (Å²) in [5.74, 6) is 2.26. The molecule has 136 valence electrons. The molecule has 3 aromatic rings. The van der Waals surface area contributed by atoms with Crippen molar-refractivity contribution >= 4 is 23.4 Å². The van der Waals surface area contributed by atoms with E-state index in [1.807, 2.05) is 29.8 Å². The minimum Gasteiger partial charge on any atom is -0.486 e. The van der Waals surface area contributed by atoms with Crippen LogP contribution < -0.4 is 4.74 Å². The van der Waals surface area contributed by atoms with Gasteiger partial charge in [0.15, 0.2) is 11.0 Å². The summed E-state index contributed by atoms with van der Waals surface area (Å²) in [6.07, 6.45) is 1.77. The number of halogens is 1. The van der Waals surface area contributed by atoms with Crippen molar-refractivity contribution < 1.29 is 4.74 Å². The van der Waals surface area contributed by atoms with Gasteiger partial charge in [0, 0.05) is 23.7 Å². The first-order chi connectivity index (χ1) is 12.3. The van der Waals surface area contributed by atoms with Gasteiger partial charge in [0.2, 0.25) is 0 Å². The summed E-state index contributed by atoms with van der Waals surface area (Å²) in [5, 5.41) is 10.7. The molecule has 0 radical (unpaired) electrons. The summed E-state index contributed by atoms with van der Waals surface area (Å²) in [4.78, 5) is 8.97. The summed E-state index contributed by atoms with van der Waals surface area (Å²) < 4.78 is 7.64. The van der Waals surface area contributed by atoms with Crippen LogP contribution in [0.1, 0.15) is 32.4 Å². The maximum absolute atomic E-state index is 5.88. The van der Waals surface area contributed by atoms with Gasteiger partial charge in [-0.2, -0.15) is 0 Å². The summed E-state index contributed by atoms with van der Waals surface area (Å²) in [6, 6.07) is 9.10. The third-order valence-electron chi connectivity index (χ3n) is 3.60. The molecule has 0 bridgehead atoms. The van der Waals surface area contributed by atoms with E-state index in [9.17, 15) is 0 Å². The zero-order chi connectivity index (χ0) is 18.7. The highest BCUT2D eigenvalue weighted by molar-refractivity contribution is 7.99. The number of ether oxygens (including phenoxy) is 1. The number of aromatic nitrogens is 5. The molecule has 0 aliphatic carbocycles. The van der Waals surface area contributed by atoms with Crippen molar-refractivity contribution in [1.29, 1.82) is 0 Å². The third kappa shape index (κ3) is 4.53. The molecule has 0 atom stereocenters. The number of hydrogen-bond donors (Lipinski definition) is 0. The Morgan fingerprint density at radius 1 is 1.12 bits per heavy atom. The zero-order valence-corrected chi connectivity index (χ0v) is 16.7. The molecule has 0 saturated heterocycles. The Morgan fingerprint density at radius 3 is 2.54 bits per heavy atom. The summed E-state index contributed by atoms with van der Waals surface area (Å²) >= 11 is 7.33. The molecular weight excluding hydrogens is 370 g/mol. The van der Waals surface area contributed by atoms with Crippen LogP contribution in [-0.4, -0.2) is 24.7 Å². The van der Waals surface area contributed by atoms with Crippen molar-refractivity contribution in [3.8, 4) is 5.75 Å². The molecule has 0 fully saturated rings. The van der Waals surface area contributed by atoms with Crippen LogP contribution in [0.5, 0.6) is 5.75 Å². The lowest BCUT2D eigenvalue weighted by atomic mass is 9.96. The second-order valence-corrected chi connectivity index (χ2v) is 8.19. The topological polar surface area (TPSA) is 65.7 Å². The van der Waals surface area contributed by atoms with Crippen LogP contribution in [0.3, 0.4) is 0 Å². The van der Waals surface area contributed by atoms with Gasteiger partial charge in [0.25, 0.3) is 0 Å². The van der Waals surface area contributed by atoms with Crippen molar-refractivity contribution in [2.75, 3.05) is 0 Å². The van der Waals surface area contributed by atoms with Gasteiger partial charge in [-0.25, -0.2) is 9.97 Å². The minimum absolute atomic E-state index is 0.103. The van der Waals surface area contributed by atoms with Gasteiger partial charge in [-0.1, -0.05) is 32.4 Å². The summed E-state index contributed by atoms with van der Waals surface area (Å²) in [5.41, 5.74) is -0.103. The Balaban J connectivity index is 1.70. The molecule has 0 unspecified atom stereocenters. The molecule has 8 heteroatoms. The molecule has 3 rings (SSSR count). The number of benzene rings is 1. The monoisotopic (exact) mass is 389 g/mol. The highest BCUT2D eigenvalue weighted by Gasteiger charge is 2.18.